The molecule has 0 saturated heterocycles. The smallest absolute Gasteiger partial charge is 0.296 e. The lowest BCUT2D eigenvalue weighted by Crippen LogP contribution is -2.25. The molecule has 1 aliphatic heterocycles. The normalized spacial score (nSPS) is 18.2. The maximum atomic E-state index is 11.3. The minimum absolute atomic E-state index is 0.0344. The maximum Gasteiger partial charge on any atom is 0.296 e. The molecule has 2 N–H and O–H groups in total. The highest BCUT2D eigenvalue weighted by atomic mass is 16.6. The van der Waals surface area contributed by atoms with Crippen LogP contribution in [-0.2, 0) is 4.79 Å². The molecule has 3 rings (SSSR count). The summed E-state index contributed by atoms with van der Waals surface area (Å²) in [7, 11) is 0. The third-order valence-electron chi connectivity index (χ3n) is 3.97. The van der Waals surface area contributed by atoms with Gasteiger partial charge in [-0.3, -0.25) is 14.9 Å². The van der Waals surface area contributed by atoms with Gasteiger partial charge in [-0.25, -0.2) is 0 Å². The zero-order valence-electron chi connectivity index (χ0n) is 11.7. The quantitative estimate of drug-likeness (QED) is 0.641. The average Bonchev–Trinajstić information content (AvgIpc) is 3.28. The number of rotatable bonds is 5. The molecule has 1 fully saturated rings. The van der Waals surface area contributed by atoms with Gasteiger partial charge in [-0.05, 0) is 30.7 Å². The number of carbonyl (C=O) groups is 1. The Balaban J connectivity index is 1.84. The van der Waals surface area contributed by atoms with Gasteiger partial charge in [0.05, 0.1) is 16.7 Å². The van der Waals surface area contributed by atoms with E-state index in [1.54, 1.807) is 6.07 Å². The van der Waals surface area contributed by atoms with Crippen LogP contribution in [0.5, 0.6) is 5.75 Å². The number of ether oxygens (including phenoxy) is 1. The third kappa shape index (κ3) is 2.91. The molecular weight excluding hydrogens is 274 g/mol. The molecule has 1 saturated carbocycles. The zero-order chi connectivity index (χ0) is 15.0. The summed E-state index contributed by atoms with van der Waals surface area (Å²) in [6, 6.07) is 2.93. The van der Waals surface area contributed by atoms with Gasteiger partial charge in [-0.15, -0.1) is 0 Å². The number of hydrogen-bond donors (Lipinski definition) is 2. The number of fused-ring (bicyclic) bond motifs is 1. The molecule has 112 valence electrons. The minimum atomic E-state index is -0.440. The first-order valence-electron chi connectivity index (χ1n) is 7.03. The van der Waals surface area contributed by atoms with Gasteiger partial charge in [-0.2, -0.15) is 0 Å². The first-order valence-corrected chi connectivity index (χ1v) is 7.03. The van der Waals surface area contributed by atoms with Gasteiger partial charge in [0.15, 0.2) is 12.4 Å². The highest BCUT2D eigenvalue weighted by molar-refractivity contribution is 5.96. The van der Waals surface area contributed by atoms with Crippen molar-refractivity contribution in [2.45, 2.75) is 19.8 Å². The number of nitro groups is 1. The van der Waals surface area contributed by atoms with Crippen molar-refractivity contribution in [3.63, 3.8) is 0 Å². The van der Waals surface area contributed by atoms with Gasteiger partial charge in [0.1, 0.15) is 5.69 Å². The Morgan fingerprint density at radius 2 is 2.29 bits per heavy atom. The molecule has 21 heavy (non-hydrogen) atoms. The fourth-order valence-corrected chi connectivity index (χ4v) is 2.51. The molecule has 7 heteroatoms. The van der Waals surface area contributed by atoms with Crippen molar-refractivity contribution in [2.24, 2.45) is 11.8 Å². The lowest BCUT2D eigenvalue weighted by molar-refractivity contribution is -0.384. The van der Waals surface area contributed by atoms with E-state index in [9.17, 15) is 14.9 Å². The Morgan fingerprint density at radius 3 is 2.95 bits per heavy atom. The highest BCUT2D eigenvalue weighted by Gasteiger charge is 2.29. The van der Waals surface area contributed by atoms with E-state index in [4.69, 9.17) is 4.74 Å². The van der Waals surface area contributed by atoms with Crippen molar-refractivity contribution >= 4 is 23.0 Å². The summed E-state index contributed by atoms with van der Waals surface area (Å²) in [4.78, 5) is 22.1. The van der Waals surface area contributed by atoms with Gasteiger partial charge in [0, 0.05) is 6.54 Å². The topological polar surface area (TPSA) is 93.5 Å². The molecular formula is C14H17N3O4. The summed E-state index contributed by atoms with van der Waals surface area (Å²) in [5, 5.41) is 17.0. The van der Waals surface area contributed by atoms with E-state index in [0.717, 1.165) is 5.92 Å². The van der Waals surface area contributed by atoms with Crippen LogP contribution >= 0.6 is 0 Å². The van der Waals surface area contributed by atoms with Crippen molar-refractivity contribution in [3.8, 4) is 5.75 Å². The molecule has 7 nitrogen and oxygen atoms in total. The van der Waals surface area contributed by atoms with E-state index in [-0.39, 0.29) is 18.2 Å². The predicted molar refractivity (Wildman–Crippen MR) is 77.6 cm³/mol. The van der Waals surface area contributed by atoms with Gasteiger partial charge >= 0.3 is 0 Å². The Kier molecular flexibility index (Phi) is 3.40. The summed E-state index contributed by atoms with van der Waals surface area (Å²) >= 11 is 0. The van der Waals surface area contributed by atoms with E-state index >= 15 is 0 Å². The molecule has 1 aromatic rings. The Hall–Kier alpha value is -2.31. The fraction of sp³-hybridized carbons (Fsp3) is 0.500. The van der Waals surface area contributed by atoms with E-state index in [0.29, 0.717) is 29.6 Å². The van der Waals surface area contributed by atoms with E-state index in [1.165, 1.54) is 18.9 Å². The highest BCUT2D eigenvalue weighted by Crippen LogP contribution is 2.39. The number of carbonyl (C=O) groups excluding carboxylic acids is 1. The van der Waals surface area contributed by atoms with E-state index in [1.807, 2.05) is 0 Å². The van der Waals surface area contributed by atoms with E-state index in [2.05, 4.69) is 17.6 Å². The van der Waals surface area contributed by atoms with Crippen LogP contribution in [0.4, 0.5) is 17.1 Å². The number of nitro benzene ring substituents is 1. The second-order valence-electron chi connectivity index (χ2n) is 5.66. The third-order valence-corrected chi connectivity index (χ3v) is 3.97. The van der Waals surface area contributed by atoms with Crippen molar-refractivity contribution in [1.29, 1.82) is 0 Å². The van der Waals surface area contributed by atoms with E-state index < -0.39 is 4.92 Å². The minimum Gasteiger partial charge on any atom is -0.481 e. The molecule has 2 aliphatic rings. The average molecular weight is 291 g/mol. The van der Waals surface area contributed by atoms with Crippen LogP contribution in [0.3, 0.4) is 0 Å². The summed E-state index contributed by atoms with van der Waals surface area (Å²) in [5.41, 5.74) is 0.850. The number of anilines is 2. The first-order chi connectivity index (χ1) is 10.0. The first kappa shape index (κ1) is 13.7. The molecule has 0 bridgehead atoms. The van der Waals surface area contributed by atoms with Crippen molar-refractivity contribution in [1.82, 2.24) is 0 Å². The standard InChI is InChI=1S/C14H17N3O4/c1-8(9-2-3-9)6-15-10-4-11-13(5-12(10)17(19)20)21-7-14(18)16-11/h4-5,8-9,15H,2-3,6-7H2,1H3,(H,16,18). The number of amides is 1. The molecule has 0 radical (unpaired) electrons. The number of nitrogens with zero attached hydrogens (tertiary/aromatic N) is 1. The van der Waals surface area contributed by atoms with Crippen molar-refractivity contribution < 1.29 is 14.5 Å². The van der Waals surface area contributed by atoms with Gasteiger partial charge in [-0.1, -0.05) is 6.92 Å². The van der Waals surface area contributed by atoms with Gasteiger partial charge < -0.3 is 15.4 Å². The molecule has 0 spiro atoms. The molecule has 1 unspecified atom stereocenters. The monoisotopic (exact) mass is 291 g/mol. The molecule has 1 atom stereocenters. The van der Waals surface area contributed by atoms with Gasteiger partial charge in [0.2, 0.25) is 0 Å². The van der Waals surface area contributed by atoms with Crippen LogP contribution in [0.15, 0.2) is 12.1 Å². The summed E-state index contributed by atoms with van der Waals surface area (Å²) in [6.45, 7) is 2.70. The van der Waals surface area contributed by atoms with Crippen LogP contribution in [-0.4, -0.2) is 24.0 Å². The Labute approximate surface area is 121 Å². The molecule has 1 aromatic carbocycles. The Bertz CT molecular complexity index is 598. The Morgan fingerprint density at radius 1 is 1.52 bits per heavy atom. The van der Waals surface area contributed by atoms with Crippen molar-refractivity contribution in [3.05, 3.63) is 22.2 Å². The SMILES string of the molecule is CC(CNc1cc2c(cc1[N+](=O)[O-])OCC(=O)N2)C1CC1. The summed E-state index contributed by atoms with van der Waals surface area (Å²) in [5.74, 6) is 1.28. The van der Waals surface area contributed by atoms with Crippen LogP contribution in [0.2, 0.25) is 0 Å². The van der Waals surface area contributed by atoms with Crippen LogP contribution in [0.25, 0.3) is 0 Å². The molecule has 1 heterocycles. The maximum absolute atomic E-state index is 11.3. The number of benzene rings is 1. The van der Waals surface area contributed by atoms with Crippen LogP contribution < -0.4 is 15.4 Å². The predicted octanol–water partition coefficient (Wildman–Crippen LogP) is 2.38. The van der Waals surface area contributed by atoms with Crippen LogP contribution in [0, 0.1) is 22.0 Å². The number of hydrogen-bond acceptors (Lipinski definition) is 5. The number of nitrogens with one attached hydrogen (secondary N) is 2. The summed E-state index contributed by atoms with van der Waals surface area (Å²) < 4.78 is 5.21. The second kappa shape index (κ2) is 5.23. The van der Waals surface area contributed by atoms with Crippen molar-refractivity contribution in [2.75, 3.05) is 23.8 Å². The summed E-state index contributed by atoms with van der Waals surface area (Å²) in [6.07, 6.45) is 2.47. The molecule has 1 amide bonds. The zero-order valence-corrected chi connectivity index (χ0v) is 11.7. The lowest BCUT2D eigenvalue weighted by atomic mass is 10.1. The second-order valence-corrected chi connectivity index (χ2v) is 5.66. The lowest BCUT2D eigenvalue weighted by Gasteiger charge is -2.19. The fourth-order valence-electron chi connectivity index (χ4n) is 2.51. The largest absolute Gasteiger partial charge is 0.481 e. The molecule has 1 aliphatic carbocycles. The van der Waals surface area contributed by atoms with Gasteiger partial charge in [0.25, 0.3) is 11.6 Å². The van der Waals surface area contributed by atoms with Crippen LogP contribution in [0.1, 0.15) is 19.8 Å². The molecule has 0 aromatic heterocycles.